The Kier molecular flexibility index (Phi) is 5.17. The van der Waals surface area contributed by atoms with Crippen molar-refractivity contribution in [3.05, 3.63) is 0 Å². The molecule has 1 heterocycles. The molecule has 0 bridgehead atoms. The Morgan fingerprint density at radius 3 is 2.50 bits per heavy atom. The number of rotatable bonds is 3. The summed E-state index contributed by atoms with van der Waals surface area (Å²) in [5, 5.41) is 0. The summed E-state index contributed by atoms with van der Waals surface area (Å²) >= 11 is 0. The van der Waals surface area contributed by atoms with E-state index in [2.05, 4.69) is 0 Å². The van der Waals surface area contributed by atoms with Crippen LogP contribution in [0.2, 0.25) is 0 Å². The zero-order chi connectivity index (χ0) is 13.8. The summed E-state index contributed by atoms with van der Waals surface area (Å²) in [6.45, 7) is 8.15. The van der Waals surface area contributed by atoms with E-state index in [1.54, 1.807) is 4.90 Å². The highest BCUT2D eigenvalue weighted by Crippen LogP contribution is 2.22. The quantitative estimate of drug-likeness (QED) is 0.778. The van der Waals surface area contributed by atoms with Crippen LogP contribution >= 0.6 is 0 Å². The number of Topliss-reactive ketones (excluding diaryl/α,β-unsaturated/α-hetero) is 1. The standard InChI is InChI=1S/C14H25NO3/c1-5-8-12(16)11-9-6-7-10-15(11)13(17)18-14(2,3)4/h11H,5-10H2,1-4H3. The van der Waals surface area contributed by atoms with Crippen LogP contribution in [0.15, 0.2) is 0 Å². The molecule has 1 fully saturated rings. The third-order valence-corrected chi connectivity index (χ3v) is 3.00. The highest BCUT2D eigenvalue weighted by molar-refractivity contribution is 5.87. The molecule has 0 aromatic heterocycles. The van der Waals surface area contributed by atoms with Crippen molar-refractivity contribution in [3.63, 3.8) is 0 Å². The molecule has 0 spiro atoms. The first-order valence-electron chi connectivity index (χ1n) is 6.87. The smallest absolute Gasteiger partial charge is 0.410 e. The molecule has 0 saturated carbocycles. The Morgan fingerprint density at radius 2 is 1.94 bits per heavy atom. The summed E-state index contributed by atoms with van der Waals surface area (Å²) in [6, 6.07) is -0.270. The lowest BCUT2D eigenvalue weighted by Gasteiger charge is -2.35. The Bertz CT molecular complexity index is 307. The summed E-state index contributed by atoms with van der Waals surface area (Å²) in [7, 11) is 0. The molecular weight excluding hydrogens is 230 g/mol. The first-order valence-corrected chi connectivity index (χ1v) is 6.87. The van der Waals surface area contributed by atoms with Crippen LogP contribution in [0.25, 0.3) is 0 Å². The molecule has 1 atom stereocenters. The van der Waals surface area contributed by atoms with Gasteiger partial charge in [0.2, 0.25) is 0 Å². The van der Waals surface area contributed by atoms with Crippen LogP contribution in [-0.4, -0.2) is 35.0 Å². The van der Waals surface area contributed by atoms with Gasteiger partial charge in [-0.2, -0.15) is 0 Å². The topological polar surface area (TPSA) is 46.6 Å². The Labute approximate surface area is 110 Å². The summed E-state index contributed by atoms with van der Waals surface area (Å²) < 4.78 is 5.37. The predicted molar refractivity (Wildman–Crippen MR) is 70.5 cm³/mol. The number of carbonyl (C=O) groups is 2. The normalized spacial score (nSPS) is 20.7. The van der Waals surface area contributed by atoms with E-state index in [9.17, 15) is 9.59 Å². The fourth-order valence-corrected chi connectivity index (χ4v) is 2.22. The first kappa shape index (κ1) is 15.0. The number of amides is 1. The Balaban J connectivity index is 2.70. The number of nitrogens with zero attached hydrogens (tertiary/aromatic N) is 1. The molecule has 0 radical (unpaired) electrons. The van der Waals surface area contributed by atoms with Gasteiger partial charge in [-0.1, -0.05) is 6.92 Å². The maximum atomic E-state index is 12.1. The van der Waals surface area contributed by atoms with Gasteiger partial charge in [0.05, 0.1) is 6.04 Å². The number of ether oxygens (including phenoxy) is 1. The molecule has 0 aromatic carbocycles. The van der Waals surface area contributed by atoms with Crippen LogP contribution in [0.4, 0.5) is 4.79 Å². The molecule has 104 valence electrons. The van der Waals surface area contributed by atoms with E-state index in [1.165, 1.54) is 0 Å². The molecule has 1 amide bonds. The second kappa shape index (κ2) is 6.21. The van der Waals surface area contributed by atoms with Crippen LogP contribution in [0.1, 0.15) is 59.8 Å². The van der Waals surface area contributed by atoms with Gasteiger partial charge in [-0.25, -0.2) is 4.79 Å². The van der Waals surface area contributed by atoms with Gasteiger partial charge >= 0.3 is 6.09 Å². The lowest BCUT2D eigenvalue weighted by atomic mass is 9.96. The van der Waals surface area contributed by atoms with Crippen molar-refractivity contribution < 1.29 is 14.3 Å². The molecule has 0 aromatic rings. The molecule has 1 rings (SSSR count). The van der Waals surface area contributed by atoms with Crippen LogP contribution in [0.5, 0.6) is 0 Å². The number of carbonyl (C=O) groups excluding carboxylic acids is 2. The molecule has 18 heavy (non-hydrogen) atoms. The van der Waals surface area contributed by atoms with Crippen molar-refractivity contribution >= 4 is 11.9 Å². The van der Waals surface area contributed by atoms with E-state index in [1.807, 2.05) is 27.7 Å². The number of ketones is 1. The van der Waals surface area contributed by atoms with Gasteiger partial charge in [0, 0.05) is 13.0 Å². The lowest BCUT2D eigenvalue weighted by Crippen LogP contribution is -2.49. The Hall–Kier alpha value is -1.06. The van der Waals surface area contributed by atoms with Crippen molar-refractivity contribution in [2.75, 3.05) is 6.54 Å². The van der Waals surface area contributed by atoms with Gasteiger partial charge in [0.25, 0.3) is 0 Å². The largest absolute Gasteiger partial charge is 0.444 e. The molecule has 4 nitrogen and oxygen atoms in total. The average Bonchev–Trinajstić information content (AvgIpc) is 2.27. The van der Waals surface area contributed by atoms with E-state index >= 15 is 0 Å². The van der Waals surface area contributed by atoms with Gasteiger partial charge in [-0.3, -0.25) is 9.69 Å². The second-order valence-corrected chi connectivity index (χ2v) is 5.90. The summed E-state index contributed by atoms with van der Waals surface area (Å²) in [5.74, 6) is 0.169. The van der Waals surface area contributed by atoms with E-state index in [4.69, 9.17) is 4.74 Å². The molecule has 1 saturated heterocycles. The highest BCUT2D eigenvalue weighted by atomic mass is 16.6. The SMILES string of the molecule is CCCC(=O)C1CCCCN1C(=O)OC(C)(C)C. The first-order chi connectivity index (χ1) is 8.35. The number of hydrogen-bond acceptors (Lipinski definition) is 3. The van der Waals surface area contributed by atoms with Crippen LogP contribution in [0.3, 0.4) is 0 Å². The van der Waals surface area contributed by atoms with Crippen molar-refractivity contribution in [1.82, 2.24) is 4.90 Å². The minimum absolute atomic E-state index is 0.169. The fraction of sp³-hybridized carbons (Fsp3) is 0.857. The van der Waals surface area contributed by atoms with Gasteiger partial charge in [0.15, 0.2) is 5.78 Å². The van der Waals surface area contributed by atoms with Crippen molar-refractivity contribution in [3.8, 4) is 0 Å². The van der Waals surface area contributed by atoms with Crippen LogP contribution in [0, 0.1) is 0 Å². The van der Waals surface area contributed by atoms with E-state index in [0.29, 0.717) is 13.0 Å². The summed E-state index contributed by atoms with van der Waals surface area (Å²) in [5.41, 5.74) is -0.507. The predicted octanol–water partition coefficient (Wildman–Crippen LogP) is 3.15. The van der Waals surface area contributed by atoms with Crippen molar-refractivity contribution in [2.24, 2.45) is 0 Å². The zero-order valence-corrected chi connectivity index (χ0v) is 12.0. The molecular formula is C14H25NO3. The monoisotopic (exact) mass is 255 g/mol. The maximum Gasteiger partial charge on any atom is 0.410 e. The Morgan fingerprint density at radius 1 is 1.28 bits per heavy atom. The van der Waals surface area contributed by atoms with Crippen LogP contribution < -0.4 is 0 Å². The lowest BCUT2D eigenvalue weighted by molar-refractivity contribution is -0.125. The van der Waals surface area contributed by atoms with Crippen LogP contribution in [-0.2, 0) is 9.53 Å². The van der Waals surface area contributed by atoms with Gasteiger partial charge < -0.3 is 4.74 Å². The minimum atomic E-state index is -0.507. The third-order valence-electron chi connectivity index (χ3n) is 3.00. The number of piperidine rings is 1. The summed E-state index contributed by atoms with van der Waals surface area (Å²) in [6.07, 6.45) is 3.77. The number of likely N-dealkylation sites (tertiary alicyclic amines) is 1. The van der Waals surface area contributed by atoms with Gasteiger partial charge in [0.1, 0.15) is 5.60 Å². The van der Waals surface area contributed by atoms with Crippen molar-refractivity contribution in [1.29, 1.82) is 0 Å². The number of hydrogen-bond donors (Lipinski definition) is 0. The molecule has 1 aliphatic rings. The molecule has 1 unspecified atom stereocenters. The maximum absolute atomic E-state index is 12.1. The summed E-state index contributed by atoms with van der Waals surface area (Å²) in [4.78, 5) is 25.7. The van der Waals surface area contributed by atoms with E-state index < -0.39 is 5.60 Å². The van der Waals surface area contributed by atoms with E-state index in [0.717, 1.165) is 25.7 Å². The van der Waals surface area contributed by atoms with Gasteiger partial charge in [-0.15, -0.1) is 0 Å². The second-order valence-electron chi connectivity index (χ2n) is 5.90. The van der Waals surface area contributed by atoms with Crippen molar-refractivity contribution in [2.45, 2.75) is 71.4 Å². The zero-order valence-electron chi connectivity index (χ0n) is 12.0. The fourth-order valence-electron chi connectivity index (χ4n) is 2.22. The third kappa shape index (κ3) is 4.31. The van der Waals surface area contributed by atoms with Gasteiger partial charge in [-0.05, 0) is 46.5 Å². The molecule has 0 aliphatic carbocycles. The molecule has 4 heteroatoms. The van der Waals surface area contributed by atoms with E-state index in [-0.39, 0.29) is 17.9 Å². The molecule has 1 aliphatic heterocycles. The minimum Gasteiger partial charge on any atom is -0.444 e. The molecule has 0 N–H and O–H groups in total. The average molecular weight is 255 g/mol. The highest BCUT2D eigenvalue weighted by Gasteiger charge is 2.33.